The number of hydrogen-bond acceptors (Lipinski definition) is 3. The third kappa shape index (κ3) is 5.77. The molecule has 4 heteroatoms. The second-order valence-corrected chi connectivity index (χ2v) is 6.20. The van der Waals surface area contributed by atoms with E-state index in [4.69, 9.17) is 0 Å². The highest BCUT2D eigenvalue weighted by molar-refractivity contribution is 7.99. The van der Waals surface area contributed by atoms with Gasteiger partial charge in [-0.15, -0.1) is 0 Å². The molecule has 1 atom stereocenters. The Kier molecular flexibility index (Phi) is 7.69. The minimum absolute atomic E-state index is 0.351. The monoisotopic (exact) mass is 258 g/mol. The molecule has 1 aliphatic rings. The average Bonchev–Trinajstić information content (AvgIpc) is 2.55. The molecular weight excluding hydrogens is 232 g/mol. The van der Waals surface area contributed by atoms with E-state index in [2.05, 4.69) is 17.1 Å². The lowest BCUT2D eigenvalue weighted by atomic mass is 10.2. The van der Waals surface area contributed by atoms with Gasteiger partial charge >= 0.3 is 0 Å². The highest BCUT2D eigenvalue weighted by Crippen LogP contribution is 2.22. The summed E-state index contributed by atoms with van der Waals surface area (Å²) in [6.07, 6.45) is 5.39. The second kappa shape index (κ2) is 8.81. The highest BCUT2D eigenvalue weighted by Gasteiger charge is 2.21. The number of nitrogens with one attached hydrogen (secondary N) is 1. The topological polar surface area (TPSA) is 32.3 Å². The molecule has 0 aromatic rings. The van der Waals surface area contributed by atoms with Gasteiger partial charge in [0, 0.05) is 24.8 Å². The summed E-state index contributed by atoms with van der Waals surface area (Å²) in [6, 6.07) is 0. The molecule has 1 unspecified atom stereocenters. The van der Waals surface area contributed by atoms with Crippen LogP contribution in [0.5, 0.6) is 0 Å². The summed E-state index contributed by atoms with van der Waals surface area (Å²) in [5.41, 5.74) is 0. The molecule has 3 nitrogen and oxygen atoms in total. The van der Waals surface area contributed by atoms with Gasteiger partial charge in [-0.3, -0.25) is 4.79 Å². The fraction of sp³-hybridized carbons (Fsp3) is 0.923. The van der Waals surface area contributed by atoms with Gasteiger partial charge in [0.05, 0.1) is 0 Å². The van der Waals surface area contributed by atoms with E-state index >= 15 is 0 Å². The van der Waals surface area contributed by atoms with Crippen molar-refractivity contribution in [2.45, 2.75) is 44.3 Å². The van der Waals surface area contributed by atoms with Crippen LogP contribution in [0.25, 0.3) is 0 Å². The van der Waals surface area contributed by atoms with Crippen LogP contribution in [0.3, 0.4) is 0 Å². The predicted octanol–water partition coefficient (Wildman–Crippen LogP) is 2.12. The fourth-order valence-corrected chi connectivity index (χ4v) is 3.37. The summed E-state index contributed by atoms with van der Waals surface area (Å²) in [5.74, 6) is 1.51. The SMILES string of the molecule is CCSC1CCCCN(C(=O)CCCNC)C1. The quantitative estimate of drug-likeness (QED) is 0.741. The number of hydrogen-bond donors (Lipinski definition) is 1. The van der Waals surface area contributed by atoms with Crippen LogP contribution in [-0.2, 0) is 4.79 Å². The Morgan fingerprint density at radius 2 is 2.29 bits per heavy atom. The molecule has 0 aromatic heterocycles. The summed E-state index contributed by atoms with van der Waals surface area (Å²) in [5, 5.41) is 3.76. The summed E-state index contributed by atoms with van der Waals surface area (Å²) >= 11 is 2.01. The van der Waals surface area contributed by atoms with Crippen LogP contribution in [0.2, 0.25) is 0 Å². The number of amides is 1. The van der Waals surface area contributed by atoms with Gasteiger partial charge in [0.2, 0.25) is 5.91 Å². The molecule has 0 aromatic carbocycles. The van der Waals surface area contributed by atoms with Crippen LogP contribution >= 0.6 is 11.8 Å². The Hall–Kier alpha value is -0.220. The largest absolute Gasteiger partial charge is 0.342 e. The first-order chi connectivity index (χ1) is 8.27. The molecule has 1 N–H and O–H groups in total. The van der Waals surface area contributed by atoms with Crippen LogP contribution in [0.1, 0.15) is 39.0 Å². The molecule has 1 saturated heterocycles. The van der Waals surface area contributed by atoms with Gasteiger partial charge in [-0.25, -0.2) is 0 Å². The number of thioether (sulfide) groups is 1. The van der Waals surface area contributed by atoms with E-state index in [1.807, 2.05) is 18.8 Å². The van der Waals surface area contributed by atoms with Crippen molar-refractivity contribution in [1.82, 2.24) is 10.2 Å². The Bertz CT molecular complexity index is 223. The maximum absolute atomic E-state index is 12.1. The number of nitrogens with zero attached hydrogens (tertiary/aromatic N) is 1. The van der Waals surface area contributed by atoms with Crippen molar-refractivity contribution in [3.63, 3.8) is 0 Å². The van der Waals surface area contributed by atoms with E-state index in [0.717, 1.165) is 31.8 Å². The van der Waals surface area contributed by atoms with Crippen LogP contribution in [0.15, 0.2) is 0 Å². The predicted molar refractivity (Wildman–Crippen MR) is 75.5 cm³/mol. The van der Waals surface area contributed by atoms with Gasteiger partial charge in [0.15, 0.2) is 0 Å². The highest BCUT2D eigenvalue weighted by atomic mass is 32.2. The van der Waals surface area contributed by atoms with Crippen molar-refractivity contribution in [2.75, 3.05) is 32.4 Å². The molecule has 1 heterocycles. The first-order valence-electron chi connectivity index (χ1n) is 6.82. The van der Waals surface area contributed by atoms with E-state index in [9.17, 15) is 4.79 Å². The molecule has 0 bridgehead atoms. The zero-order valence-corrected chi connectivity index (χ0v) is 12.0. The zero-order valence-electron chi connectivity index (χ0n) is 11.2. The van der Waals surface area contributed by atoms with E-state index in [-0.39, 0.29) is 0 Å². The summed E-state index contributed by atoms with van der Waals surface area (Å²) in [4.78, 5) is 14.2. The van der Waals surface area contributed by atoms with Crippen LogP contribution in [0.4, 0.5) is 0 Å². The van der Waals surface area contributed by atoms with Gasteiger partial charge in [0.1, 0.15) is 0 Å². The van der Waals surface area contributed by atoms with Gasteiger partial charge in [-0.1, -0.05) is 13.3 Å². The molecule has 1 amide bonds. The Labute approximate surface area is 110 Å². The van der Waals surface area contributed by atoms with Gasteiger partial charge < -0.3 is 10.2 Å². The molecule has 1 aliphatic heterocycles. The van der Waals surface area contributed by atoms with Crippen molar-refractivity contribution in [2.24, 2.45) is 0 Å². The second-order valence-electron chi connectivity index (χ2n) is 4.62. The van der Waals surface area contributed by atoms with E-state index in [1.54, 1.807) is 0 Å². The molecule has 0 saturated carbocycles. The van der Waals surface area contributed by atoms with E-state index < -0.39 is 0 Å². The molecule has 0 radical (unpaired) electrons. The number of carbonyl (C=O) groups excluding carboxylic acids is 1. The first kappa shape index (κ1) is 14.8. The smallest absolute Gasteiger partial charge is 0.222 e. The van der Waals surface area contributed by atoms with Crippen molar-refractivity contribution < 1.29 is 4.79 Å². The summed E-state index contributed by atoms with van der Waals surface area (Å²) in [7, 11) is 1.93. The summed E-state index contributed by atoms with van der Waals surface area (Å²) < 4.78 is 0. The van der Waals surface area contributed by atoms with Crippen molar-refractivity contribution in [3.8, 4) is 0 Å². The maximum Gasteiger partial charge on any atom is 0.222 e. The lowest BCUT2D eigenvalue weighted by Gasteiger charge is -2.24. The van der Waals surface area contributed by atoms with Crippen molar-refractivity contribution in [1.29, 1.82) is 0 Å². The zero-order chi connectivity index (χ0) is 12.5. The van der Waals surface area contributed by atoms with Crippen molar-refractivity contribution >= 4 is 17.7 Å². The molecule has 1 fully saturated rings. The molecule has 17 heavy (non-hydrogen) atoms. The van der Waals surface area contributed by atoms with E-state index in [1.165, 1.54) is 19.3 Å². The number of rotatable bonds is 6. The van der Waals surface area contributed by atoms with Crippen LogP contribution < -0.4 is 5.32 Å². The Balaban J connectivity index is 2.36. The molecule has 0 spiro atoms. The maximum atomic E-state index is 12.1. The first-order valence-corrected chi connectivity index (χ1v) is 7.86. The molecule has 100 valence electrons. The third-order valence-electron chi connectivity index (χ3n) is 3.20. The standard InChI is InChI=1S/C13H26N2OS/c1-3-17-12-7-4-5-10-15(11-12)13(16)8-6-9-14-2/h12,14H,3-11H2,1-2H3. The lowest BCUT2D eigenvalue weighted by molar-refractivity contribution is -0.131. The average molecular weight is 258 g/mol. The molecule has 0 aliphatic carbocycles. The van der Waals surface area contributed by atoms with Gasteiger partial charge in [0.25, 0.3) is 0 Å². The molecule has 1 rings (SSSR count). The van der Waals surface area contributed by atoms with Crippen molar-refractivity contribution in [3.05, 3.63) is 0 Å². The fourth-order valence-electron chi connectivity index (χ4n) is 2.28. The van der Waals surface area contributed by atoms with Gasteiger partial charge in [-0.05, 0) is 38.6 Å². The number of carbonyl (C=O) groups is 1. The molecular formula is C13H26N2OS. The normalized spacial score (nSPS) is 21.3. The van der Waals surface area contributed by atoms with E-state index in [0.29, 0.717) is 17.6 Å². The van der Waals surface area contributed by atoms with Crippen LogP contribution in [-0.4, -0.2) is 48.5 Å². The minimum atomic E-state index is 0.351. The third-order valence-corrected chi connectivity index (χ3v) is 4.39. The minimum Gasteiger partial charge on any atom is -0.342 e. The Morgan fingerprint density at radius 1 is 1.47 bits per heavy atom. The van der Waals surface area contributed by atoms with Gasteiger partial charge in [-0.2, -0.15) is 11.8 Å². The lowest BCUT2D eigenvalue weighted by Crippen LogP contribution is -2.35. The Morgan fingerprint density at radius 3 is 3.00 bits per heavy atom. The summed E-state index contributed by atoms with van der Waals surface area (Å²) in [6.45, 7) is 5.08. The van der Waals surface area contributed by atoms with Crippen LogP contribution in [0, 0.1) is 0 Å². The number of likely N-dealkylation sites (tertiary alicyclic amines) is 1.